The van der Waals surface area contributed by atoms with Crippen molar-refractivity contribution in [1.82, 2.24) is 0 Å². The molecule has 34 heavy (non-hydrogen) atoms. The molecule has 4 rings (SSSR count). The average molecular weight is 651 g/mol. The fourth-order valence-corrected chi connectivity index (χ4v) is 8.75. The molecule has 4 aromatic heterocycles. The first-order valence-electron chi connectivity index (χ1n) is 11.4. The lowest BCUT2D eigenvalue weighted by Gasteiger charge is -1.96. The third-order valence-corrected chi connectivity index (χ3v) is 10.7. The van der Waals surface area contributed by atoms with E-state index in [1.165, 1.54) is 66.9 Å². The van der Waals surface area contributed by atoms with Gasteiger partial charge in [0.25, 0.3) is 0 Å². The van der Waals surface area contributed by atoms with Crippen LogP contribution < -0.4 is 0 Å². The molecule has 6 heteroatoms. The molecule has 0 aliphatic carbocycles. The Labute approximate surface area is 235 Å². The molecule has 0 amide bonds. The van der Waals surface area contributed by atoms with Crippen molar-refractivity contribution >= 4 is 114 Å². The Morgan fingerprint density at radius 1 is 0.618 bits per heavy atom. The van der Waals surface area contributed by atoms with E-state index in [2.05, 4.69) is 118 Å². The van der Waals surface area contributed by atoms with Gasteiger partial charge in [0.2, 0.25) is 0 Å². The molecule has 0 saturated heterocycles. The molecule has 4 heterocycles. The van der Waals surface area contributed by atoms with Crippen LogP contribution in [-0.2, 0) is 6.42 Å². The zero-order valence-corrected chi connectivity index (χ0v) is 25.4. The Morgan fingerprint density at radius 3 is 1.68 bits per heavy atom. The molecule has 0 spiro atoms. The van der Waals surface area contributed by atoms with E-state index in [1.54, 1.807) is 22.7 Å². The van der Waals surface area contributed by atoms with E-state index in [0.717, 1.165) is 7.57 Å². The lowest BCUT2D eigenvalue weighted by Crippen LogP contribution is -1.80. The van der Waals surface area contributed by atoms with E-state index in [9.17, 15) is 0 Å². The van der Waals surface area contributed by atoms with Crippen LogP contribution in [-0.4, -0.2) is 0 Å². The van der Waals surface area contributed by atoms with Crippen molar-refractivity contribution in [1.29, 1.82) is 0 Å². The number of hydrogen-bond acceptors (Lipinski definition) is 4. The van der Waals surface area contributed by atoms with Crippen LogP contribution in [0.5, 0.6) is 0 Å². The Bertz CT molecular complexity index is 1280. The summed E-state index contributed by atoms with van der Waals surface area (Å²) in [6, 6.07) is 15.5. The summed E-state index contributed by atoms with van der Waals surface area (Å²) in [6.45, 7) is 2.27. The van der Waals surface area contributed by atoms with Gasteiger partial charge in [-0.3, -0.25) is 0 Å². The Kier molecular flexibility index (Phi) is 10.2. The molecule has 0 aliphatic heterocycles. The average Bonchev–Trinajstić information content (AvgIpc) is 3.61. The van der Waals surface area contributed by atoms with Gasteiger partial charge in [0, 0.05) is 34.8 Å². The number of aryl methyl sites for hydroxylation is 1. The molecule has 0 nitrogen and oxygen atoms in total. The van der Waals surface area contributed by atoms with Crippen molar-refractivity contribution in [2.24, 2.45) is 0 Å². The molecule has 0 aromatic carbocycles. The minimum absolute atomic E-state index is 1.14. The van der Waals surface area contributed by atoms with Crippen LogP contribution in [0.2, 0.25) is 0 Å². The normalized spacial score (nSPS) is 12.2. The van der Waals surface area contributed by atoms with Crippen LogP contribution in [0.4, 0.5) is 0 Å². The first-order chi connectivity index (χ1) is 16.6. The molecular weight excluding hydrogens is 624 g/mol. The van der Waals surface area contributed by atoms with E-state index >= 15 is 0 Å². The molecule has 0 aliphatic rings. The monoisotopic (exact) mass is 648 g/mol. The molecule has 0 bridgehead atoms. The quantitative estimate of drug-likeness (QED) is 0.142. The van der Waals surface area contributed by atoms with Crippen molar-refractivity contribution in [3.05, 3.63) is 84.9 Å². The van der Waals surface area contributed by atoms with Gasteiger partial charge < -0.3 is 0 Å². The third kappa shape index (κ3) is 8.00. The molecule has 0 fully saturated rings. The summed E-state index contributed by atoms with van der Waals surface area (Å²) in [5.41, 5.74) is 1.20. The maximum absolute atomic E-state index is 3.61. The van der Waals surface area contributed by atoms with Crippen molar-refractivity contribution in [3.8, 4) is 0 Å². The van der Waals surface area contributed by atoms with Crippen molar-refractivity contribution in [3.63, 3.8) is 0 Å². The van der Waals surface area contributed by atoms with Crippen LogP contribution in [0.3, 0.4) is 0 Å². The summed E-state index contributed by atoms with van der Waals surface area (Å²) in [7, 11) is 0. The highest BCUT2D eigenvalue weighted by molar-refractivity contribution is 9.12. The second-order valence-corrected chi connectivity index (χ2v) is 15.1. The Morgan fingerprint density at radius 2 is 1.15 bits per heavy atom. The van der Waals surface area contributed by atoms with Gasteiger partial charge in [-0.2, -0.15) is 0 Å². The number of unbranched alkanes of at least 4 members (excludes halogenated alkanes) is 3. The van der Waals surface area contributed by atoms with Gasteiger partial charge in [-0.25, -0.2) is 0 Å². The van der Waals surface area contributed by atoms with Gasteiger partial charge >= 0.3 is 0 Å². The minimum atomic E-state index is 1.14. The van der Waals surface area contributed by atoms with Gasteiger partial charge in [-0.05, 0) is 118 Å². The lowest BCUT2D eigenvalue weighted by molar-refractivity contribution is 0.670. The standard InChI is InChI=1S/C28H26Br2S4/c1-2-3-4-5-6-21-9-10-23(31-21)13-14-25-17-18-26(33-25)16-15-24-12-11-22(32-24)8-7-20-19-27(29)34-28(20)30/h7-19H,2-6H2,1H3/b8-7+,14-13+,16-15+. The summed E-state index contributed by atoms with van der Waals surface area (Å²) >= 11 is 14.4. The highest BCUT2D eigenvalue weighted by atomic mass is 79.9. The first-order valence-corrected chi connectivity index (χ1v) is 16.2. The summed E-state index contributed by atoms with van der Waals surface area (Å²) in [5.74, 6) is 0. The summed E-state index contributed by atoms with van der Waals surface area (Å²) in [6.07, 6.45) is 19.8. The van der Waals surface area contributed by atoms with Crippen molar-refractivity contribution < 1.29 is 0 Å². The highest BCUT2D eigenvalue weighted by Crippen LogP contribution is 2.33. The smallest absolute Gasteiger partial charge is 0.0782 e. The zero-order chi connectivity index (χ0) is 23.8. The molecule has 0 radical (unpaired) electrons. The predicted octanol–water partition coefficient (Wildman–Crippen LogP) is 12.1. The van der Waals surface area contributed by atoms with Crippen LogP contribution in [0, 0.1) is 0 Å². The maximum atomic E-state index is 3.61. The fraction of sp³-hybridized carbons (Fsp3) is 0.214. The van der Waals surface area contributed by atoms with Crippen molar-refractivity contribution in [2.75, 3.05) is 0 Å². The molecule has 4 aromatic rings. The van der Waals surface area contributed by atoms with Gasteiger partial charge in [-0.15, -0.1) is 45.3 Å². The summed E-state index contributed by atoms with van der Waals surface area (Å²) in [4.78, 5) is 7.94. The second kappa shape index (κ2) is 13.3. The van der Waals surface area contributed by atoms with Crippen LogP contribution in [0.15, 0.2) is 50.0 Å². The molecular formula is C28H26Br2S4. The number of hydrogen-bond donors (Lipinski definition) is 0. The second-order valence-electron chi connectivity index (χ2n) is 7.87. The van der Waals surface area contributed by atoms with E-state index in [1.807, 2.05) is 22.7 Å². The molecule has 176 valence electrons. The third-order valence-electron chi connectivity index (χ3n) is 5.19. The number of rotatable bonds is 11. The highest BCUT2D eigenvalue weighted by Gasteiger charge is 2.02. The number of thiophene rings is 4. The largest absolute Gasteiger partial charge is 0.141 e. The summed E-state index contributed by atoms with van der Waals surface area (Å²) in [5, 5.41) is 0. The minimum Gasteiger partial charge on any atom is -0.141 e. The molecule has 0 unspecified atom stereocenters. The Hall–Kier alpha value is -1.02. The zero-order valence-electron chi connectivity index (χ0n) is 18.9. The first kappa shape index (κ1) is 26.1. The van der Waals surface area contributed by atoms with Gasteiger partial charge in [0.15, 0.2) is 0 Å². The van der Waals surface area contributed by atoms with Crippen LogP contribution in [0.25, 0.3) is 36.5 Å². The van der Waals surface area contributed by atoms with Crippen LogP contribution in [0.1, 0.15) is 67.4 Å². The van der Waals surface area contributed by atoms with E-state index in [-0.39, 0.29) is 0 Å². The van der Waals surface area contributed by atoms with Crippen molar-refractivity contribution in [2.45, 2.75) is 39.0 Å². The Balaban J connectivity index is 1.30. The molecule has 0 atom stereocenters. The topological polar surface area (TPSA) is 0 Å². The van der Waals surface area contributed by atoms with E-state index in [4.69, 9.17) is 0 Å². The van der Waals surface area contributed by atoms with E-state index < -0.39 is 0 Å². The summed E-state index contributed by atoms with van der Waals surface area (Å²) < 4.78 is 2.29. The van der Waals surface area contributed by atoms with Crippen LogP contribution >= 0.6 is 77.2 Å². The predicted molar refractivity (Wildman–Crippen MR) is 167 cm³/mol. The van der Waals surface area contributed by atoms with E-state index in [0.29, 0.717) is 0 Å². The van der Waals surface area contributed by atoms with Gasteiger partial charge in [-0.1, -0.05) is 32.3 Å². The van der Waals surface area contributed by atoms with Gasteiger partial charge in [0.05, 0.1) is 7.57 Å². The molecule has 0 N–H and O–H groups in total. The number of halogens is 2. The lowest BCUT2D eigenvalue weighted by atomic mass is 10.1. The SMILES string of the molecule is CCCCCCc1ccc(/C=C/c2ccc(/C=C/c3ccc(/C=C/c4cc(Br)sc4Br)s3)s2)s1. The molecule has 0 saturated carbocycles. The fourth-order valence-electron chi connectivity index (χ4n) is 3.41. The maximum Gasteiger partial charge on any atom is 0.0782 e. The van der Waals surface area contributed by atoms with Gasteiger partial charge in [0.1, 0.15) is 0 Å².